The molecule has 0 aliphatic carbocycles. The first kappa shape index (κ1) is 8.62. The van der Waals surface area contributed by atoms with Crippen LogP contribution >= 0.6 is 12.2 Å². The fourth-order valence-corrected chi connectivity index (χ4v) is 0.667. The summed E-state index contributed by atoms with van der Waals surface area (Å²) in [6, 6.07) is 0. The normalized spacial score (nSPS) is 15.5. The van der Waals surface area contributed by atoms with Crippen LogP contribution < -0.4 is 16.7 Å². The lowest BCUT2D eigenvalue weighted by atomic mass is 10.6. The number of nitrogens with two attached hydrogens (primary N) is 1. The number of rotatable bonds is 2. The van der Waals surface area contributed by atoms with Gasteiger partial charge in [0, 0.05) is 12.2 Å². The molecule has 6 nitrogen and oxygen atoms in total. The highest BCUT2D eigenvalue weighted by atomic mass is 32.1. The van der Waals surface area contributed by atoms with E-state index in [-0.39, 0.29) is 5.11 Å². The molecule has 1 aliphatic rings. The summed E-state index contributed by atoms with van der Waals surface area (Å²) in [7, 11) is 0. The highest BCUT2D eigenvalue weighted by Crippen LogP contribution is 1.97. The molecular weight excluding hydrogens is 180 g/mol. The first-order valence-electron chi connectivity index (χ1n) is 2.98. The smallest absolute Gasteiger partial charge is 0.269 e. The third-order valence-corrected chi connectivity index (χ3v) is 1.20. The molecule has 64 valence electrons. The van der Waals surface area contributed by atoms with Crippen molar-refractivity contribution in [3.63, 3.8) is 0 Å². The Hall–Kier alpha value is -1.47. The molecule has 0 aromatic heterocycles. The van der Waals surface area contributed by atoms with Crippen molar-refractivity contribution in [1.82, 2.24) is 16.0 Å². The first-order valence-corrected chi connectivity index (χ1v) is 3.39. The van der Waals surface area contributed by atoms with E-state index in [1.165, 1.54) is 0 Å². The van der Waals surface area contributed by atoms with Gasteiger partial charge in [0.15, 0.2) is 5.11 Å². The number of amides is 2. The highest BCUT2D eigenvalue weighted by molar-refractivity contribution is 7.80. The number of nitrogens with one attached hydrogen (secondary N) is 2. The van der Waals surface area contributed by atoms with E-state index in [2.05, 4.69) is 23.2 Å². The van der Waals surface area contributed by atoms with Crippen LogP contribution in [0, 0.1) is 0 Å². The number of thiocarbonyl (C=S) groups is 1. The Morgan fingerprint density at radius 3 is 2.33 bits per heavy atom. The number of hydrogen-bond donors (Lipinski definition) is 3. The fraction of sp³-hybridized carbons (Fsp3) is 0. The predicted octanol–water partition coefficient (Wildman–Crippen LogP) is -1.84. The Labute approximate surface area is 73.3 Å². The van der Waals surface area contributed by atoms with Gasteiger partial charge in [-0.05, 0) is 12.2 Å². The zero-order chi connectivity index (χ0) is 9.14. The molecule has 4 N–H and O–H groups in total. The van der Waals surface area contributed by atoms with Crippen LogP contribution in [0.5, 0.6) is 0 Å². The summed E-state index contributed by atoms with van der Waals surface area (Å²) < 4.78 is 0. The number of carbonyl (C=O) groups excluding carboxylic acids is 2. The number of hydrazine groups is 2. The molecule has 0 saturated heterocycles. The van der Waals surface area contributed by atoms with Gasteiger partial charge in [0.2, 0.25) is 0 Å². The second kappa shape index (κ2) is 3.28. The predicted molar refractivity (Wildman–Crippen MR) is 44.0 cm³/mol. The average Bonchev–Trinajstić information content (AvgIpc) is 2.28. The van der Waals surface area contributed by atoms with Gasteiger partial charge in [-0.25, -0.2) is 0 Å². The molecule has 7 heteroatoms. The van der Waals surface area contributed by atoms with Crippen LogP contribution in [-0.4, -0.2) is 21.9 Å². The minimum atomic E-state index is -0.469. The lowest BCUT2D eigenvalue weighted by Gasteiger charge is -2.14. The standard InChI is InChI=1S/C5H6N4O2S/c6-5(12)7-8-9-3(10)1-2-4(9)11/h1-2,8H,(H3,6,7,12). The van der Waals surface area contributed by atoms with Crippen LogP contribution in [0.4, 0.5) is 0 Å². The lowest BCUT2D eigenvalue weighted by molar-refractivity contribution is -0.141. The first-order chi connectivity index (χ1) is 5.61. The molecule has 0 unspecified atom stereocenters. The second-order valence-electron chi connectivity index (χ2n) is 1.95. The lowest BCUT2D eigenvalue weighted by Crippen LogP contribution is -2.53. The van der Waals surface area contributed by atoms with E-state index in [4.69, 9.17) is 5.73 Å². The van der Waals surface area contributed by atoms with Gasteiger partial charge < -0.3 is 5.73 Å². The summed E-state index contributed by atoms with van der Waals surface area (Å²) in [5.74, 6) is -0.937. The molecule has 0 spiro atoms. The minimum absolute atomic E-state index is 0.0532. The van der Waals surface area contributed by atoms with Crippen LogP contribution in [0.3, 0.4) is 0 Å². The molecule has 2 amide bonds. The van der Waals surface area contributed by atoms with Crippen molar-refractivity contribution in [2.24, 2.45) is 5.73 Å². The topological polar surface area (TPSA) is 87.5 Å². The number of carbonyl (C=O) groups is 2. The fourth-order valence-electron chi connectivity index (χ4n) is 0.621. The van der Waals surface area contributed by atoms with E-state index in [0.29, 0.717) is 0 Å². The Morgan fingerprint density at radius 1 is 1.42 bits per heavy atom. The second-order valence-corrected chi connectivity index (χ2v) is 2.39. The highest BCUT2D eigenvalue weighted by Gasteiger charge is 2.22. The van der Waals surface area contributed by atoms with E-state index in [1.54, 1.807) is 0 Å². The van der Waals surface area contributed by atoms with Crippen molar-refractivity contribution >= 4 is 29.1 Å². The van der Waals surface area contributed by atoms with E-state index in [1.807, 2.05) is 0 Å². The zero-order valence-electron chi connectivity index (χ0n) is 5.90. The average molecular weight is 186 g/mol. The zero-order valence-corrected chi connectivity index (χ0v) is 6.72. The van der Waals surface area contributed by atoms with Gasteiger partial charge in [-0.2, -0.15) is 5.01 Å². The Balaban J connectivity index is 2.48. The van der Waals surface area contributed by atoms with Crippen molar-refractivity contribution in [1.29, 1.82) is 0 Å². The minimum Gasteiger partial charge on any atom is -0.375 e. The van der Waals surface area contributed by atoms with Crippen LogP contribution in [-0.2, 0) is 9.59 Å². The molecule has 0 aromatic carbocycles. The van der Waals surface area contributed by atoms with Crippen LogP contribution in [0.25, 0.3) is 0 Å². The molecule has 1 aliphatic heterocycles. The Morgan fingerprint density at radius 2 is 1.92 bits per heavy atom. The van der Waals surface area contributed by atoms with E-state index in [9.17, 15) is 9.59 Å². The molecule has 0 atom stereocenters. The van der Waals surface area contributed by atoms with E-state index < -0.39 is 11.8 Å². The SMILES string of the molecule is NC(=S)NNN1C(=O)C=CC1=O. The van der Waals surface area contributed by atoms with Crippen LogP contribution in [0.1, 0.15) is 0 Å². The maximum Gasteiger partial charge on any atom is 0.269 e. The largest absolute Gasteiger partial charge is 0.375 e. The Bertz CT molecular complexity index is 257. The monoisotopic (exact) mass is 186 g/mol. The number of imide groups is 1. The molecule has 0 fully saturated rings. The van der Waals surface area contributed by atoms with Crippen LogP contribution in [0.2, 0.25) is 0 Å². The Kier molecular flexibility index (Phi) is 2.36. The van der Waals surface area contributed by atoms with Crippen molar-refractivity contribution in [3.8, 4) is 0 Å². The van der Waals surface area contributed by atoms with Gasteiger partial charge >= 0.3 is 0 Å². The molecule has 1 rings (SSSR count). The van der Waals surface area contributed by atoms with E-state index >= 15 is 0 Å². The third kappa shape index (κ3) is 1.77. The molecule has 0 bridgehead atoms. The van der Waals surface area contributed by atoms with Crippen molar-refractivity contribution < 1.29 is 9.59 Å². The van der Waals surface area contributed by atoms with E-state index in [0.717, 1.165) is 17.2 Å². The van der Waals surface area contributed by atoms with Gasteiger partial charge in [-0.15, -0.1) is 5.53 Å². The maximum atomic E-state index is 10.8. The van der Waals surface area contributed by atoms with Crippen molar-refractivity contribution in [2.45, 2.75) is 0 Å². The van der Waals surface area contributed by atoms with Gasteiger partial charge in [-0.3, -0.25) is 15.0 Å². The summed E-state index contributed by atoms with van der Waals surface area (Å²) in [5, 5.41) is 0.696. The molecule has 0 radical (unpaired) electrons. The quantitative estimate of drug-likeness (QED) is 0.267. The van der Waals surface area contributed by atoms with Gasteiger partial charge in [0.1, 0.15) is 0 Å². The molecule has 1 heterocycles. The summed E-state index contributed by atoms with van der Waals surface area (Å²) >= 11 is 4.44. The van der Waals surface area contributed by atoms with Crippen molar-refractivity contribution in [2.75, 3.05) is 0 Å². The molecule has 0 aromatic rings. The summed E-state index contributed by atoms with van der Waals surface area (Å²) in [4.78, 5) is 21.7. The summed E-state index contributed by atoms with van der Waals surface area (Å²) in [5.41, 5.74) is 9.54. The van der Waals surface area contributed by atoms with Crippen LogP contribution in [0.15, 0.2) is 12.2 Å². The molecule has 12 heavy (non-hydrogen) atoms. The maximum absolute atomic E-state index is 10.8. The summed E-state index contributed by atoms with van der Waals surface area (Å²) in [6.45, 7) is 0. The molecular formula is C5H6N4O2S. The van der Waals surface area contributed by atoms with Crippen molar-refractivity contribution in [3.05, 3.63) is 12.2 Å². The van der Waals surface area contributed by atoms with Gasteiger partial charge in [0.25, 0.3) is 11.8 Å². The summed E-state index contributed by atoms with van der Waals surface area (Å²) in [6.07, 6.45) is 2.27. The number of nitrogens with zero attached hydrogens (tertiary/aromatic N) is 1. The number of hydrogen-bond acceptors (Lipinski definition) is 4. The van der Waals surface area contributed by atoms with Gasteiger partial charge in [-0.1, -0.05) is 0 Å². The van der Waals surface area contributed by atoms with Gasteiger partial charge in [0.05, 0.1) is 0 Å². The molecule has 0 saturated carbocycles. The third-order valence-electron chi connectivity index (χ3n) is 1.10.